The zero-order valence-corrected chi connectivity index (χ0v) is 9.04. The summed E-state index contributed by atoms with van der Waals surface area (Å²) >= 11 is 0. The molecule has 2 rings (SSSR count). The topological polar surface area (TPSA) is 32.7 Å². The van der Waals surface area contributed by atoms with Crippen molar-refractivity contribution in [1.82, 2.24) is 4.90 Å². The molecule has 0 unspecified atom stereocenters. The summed E-state index contributed by atoms with van der Waals surface area (Å²) in [5, 5.41) is 10.2. The smallest absolute Gasteiger partial charge is 0.0828 e. The van der Waals surface area contributed by atoms with Gasteiger partial charge in [-0.15, -0.1) is 0 Å². The first-order valence-electron chi connectivity index (χ1n) is 5.78. The van der Waals surface area contributed by atoms with E-state index in [2.05, 4.69) is 4.90 Å². The summed E-state index contributed by atoms with van der Waals surface area (Å²) in [4.78, 5) is 2.31. The van der Waals surface area contributed by atoms with E-state index in [-0.39, 0.29) is 5.60 Å². The molecule has 0 aromatic rings. The van der Waals surface area contributed by atoms with Crippen LogP contribution < -0.4 is 0 Å². The minimum atomic E-state index is -0.378. The minimum absolute atomic E-state index is 0.378. The highest BCUT2D eigenvalue weighted by atomic mass is 16.5. The standard InChI is InChI=1S/C11H21NO2/c1-2-14-10-7-12(8-10)9-11(13)5-3-4-6-11/h10,13H,2-9H2,1H3. The number of β-amino-alcohol motifs (C(OH)–C–C–N with tert-alkyl or cyclic N) is 1. The Balaban J connectivity index is 1.68. The van der Waals surface area contributed by atoms with Crippen molar-refractivity contribution in [2.45, 2.75) is 44.3 Å². The molecule has 0 amide bonds. The van der Waals surface area contributed by atoms with Crippen LogP contribution in [0.25, 0.3) is 0 Å². The maximum atomic E-state index is 10.2. The second-order valence-electron chi connectivity index (χ2n) is 4.70. The Bertz CT molecular complexity index is 184. The van der Waals surface area contributed by atoms with E-state index in [1.165, 1.54) is 12.8 Å². The molecule has 0 spiro atoms. The second-order valence-corrected chi connectivity index (χ2v) is 4.70. The first-order valence-corrected chi connectivity index (χ1v) is 5.78. The first kappa shape index (κ1) is 10.4. The van der Waals surface area contributed by atoms with Gasteiger partial charge in [0, 0.05) is 26.2 Å². The lowest BCUT2D eigenvalue weighted by Gasteiger charge is -2.42. The Morgan fingerprint density at radius 2 is 2.00 bits per heavy atom. The lowest BCUT2D eigenvalue weighted by atomic mass is 9.99. The number of hydrogen-bond donors (Lipinski definition) is 1. The van der Waals surface area contributed by atoms with Gasteiger partial charge in [0.25, 0.3) is 0 Å². The van der Waals surface area contributed by atoms with Crippen LogP contribution in [0.2, 0.25) is 0 Å². The van der Waals surface area contributed by atoms with Crippen molar-refractivity contribution < 1.29 is 9.84 Å². The zero-order valence-electron chi connectivity index (χ0n) is 9.04. The number of rotatable bonds is 4. The maximum absolute atomic E-state index is 10.2. The number of likely N-dealkylation sites (tertiary alicyclic amines) is 1. The molecule has 1 saturated heterocycles. The van der Waals surface area contributed by atoms with Crippen LogP contribution in [0.4, 0.5) is 0 Å². The monoisotopic (exact) mass is 199 g/mol. The van der Waals surface area contributed by atoms with E-state index in [4.69, 9.17) is 4.74 Å². The molecule has 3 nitrogen and oxygen atoms in total. The highest BCUT2D eigenvalue weighted by Crippen LogP contribution is 2.31. The predicted molar refractivity (Wildman–Crippen MR) is 55.3 cm³/mol. The average molecular weight is 199 g/mol. The van der Waals surface area contributed by atoms with Crippen molar-refractivity contribution in [3.05, 3.63) is 0 Å². The minimum Gasteiger partial charge on any atom is -0.389 e. The van der Waals surface area contributed by atoms with Crippen molar-refractivity contribution in [1.29, 1.82) is 0 Å². The van der Waals surface area contributed by atoms with Gasteiger partial charge in [-0.2, -0.15) is 0 Å². The molecule has 0 atom stereocenters. The van der Waals surface area contributed by atoms with Gasteiger partial charge in [0.2, 0.25) is 0 Å². The molecule has 1 saturated carbocycles. The molecule has 0 aromatic heterocycles. The van der Waals surface area contributed by atoms with Crippen LogP contribution in [0.15, 0.2) is 0 Å². The second kappa shape index (κ2) is 4.17. The highest BCUT2D eigenvalue weighted by molar-refractivity contribution is 4.91. The molecule has 82 valence electrons. The zero-order chi connectivity index (χ0) is 10.0. The van der Waals surface area contributed by atoms with Gasteiger partial charge in [-0.1, -0.05) is 12.8 Å². The fourth-order valence-electron chi connectivity index (χ4n) is 2.60. The predicted octanol–water partition coefficient (Wildman–Crippen LogP) is 1.01. The van der Waals surface area contributed by atoms with Crippen molar-refractivity contribution in [3.63, 3.8) is 0 Å². The molecule has 0 aromatic carbocycles. The summed E-state index contributed by atoms with van der Waals surface area (Å²) in [5.74, 6) is 0. The molecule has 2 fully saturated rings. The van der Waals surface area contributed by atoms with Gasteiger partial charge in [0.05, 0.1) is 11.7 Å². The summed E-state index contributed by atoms with van der Waals surface area (Å²) in [7, 11) is 0. The van der Waals surface area contributed by atoms with Crippen LogP contribution in [0.3, 0.4) is 0 Å². The Morgan fingerprint density at radius 1 is 1.36 bits per heavy atom. The van der Waals surface area contributed by atoms with Gasteiger partial charge < -0.3 is 9.84 Å². The fraction of sp³-hybridized carbons (Fsp3) is 1.00. The van der Waals surface area contributed by atoms with Gasteiger partial charge in [-0.05, 0) is 19.8 Å². The van der Waals surface area contributed by atoms with Crippen molar-refractivity contribution in [3.8, 4) is 0 Å². The number of hydrogen-bond acceptors (Lipinski definition) is 3. The Labute approximate surface area is 86.0 Å². The van der Waals surface area contributed by atoms with E-state index >= 15 is 0 Å². The largest absolute Gasteiger partial charge is 0.389 e. The maximum Gasteiger partial charge on any atom is 0.0828 e. The molecule has 14 heavy (non-hydrogen) atoms. The lowest BCUT2D eigenvalue weighted by Crippen LogP contribution is -2.56. The van der Waals surface area contributed by atoms with Crippen molar-refractivity contribution >= 4 is 0 Å². The third-order valence-corrected chi connectivity index (χ3v) is 3.38. The summed E-state index contributed by atoms with van der Waals surface area (Å²) in [5.41, 5.74) is -0.378. The van der Waals surface area contributed by atoms with Gasteiger partial charge >= 0.3 is 0 Å². The van der Waals surface area contributed by atoms with Crippen molar-refractivity contribution in [2.24, 2.45) is 0 Å². The molecular formula is C11H21NO2. The van der Waals surface area contributed by atoms with Crippen LogP contribution in [-0.2, 0) is 4.74 Å². The highest BCUT2D eigenvalue weighted by Gasteiger charge is 2.37. The van der Waals surface area contributed by atoms with Crippen LogP contribution >= 0.6 is 0 Å². The van der Waals surface area contributed by atoms with Crippen molar-refractivity contribution in [2.75, 3.05) is 26.2 Å². The quantitative estimate of drug-likeness (QED) is 0.733. The van der Waals surface area contributed by atoms with Crippen LogP contribution in [0.1, 0.15) is 32.6 Å². The average Bonchev–Trinajstić information content (AvgIpc) is 2.49. The van der Waals surface area contributed by atoms with E-state index in [1.807, 2.05) is 6.92 Å². The lowest BCUT2D eigenvalue weighted by molar-refractivity contribution is -0.0843. The summed E-state index contributed by atoms with van der Waals surface area (Å²) in [6.07, 6.45) is 4.79. The van der Waals surface area contributed by atoms with E-state index in [1.54, 1.807) is 0 Å². The molecule has 1 heterocycles. The summed E-state index contributed by atoms with van der Waals surface area (Å²) in [6.45, 7) is 5.72. The molecule has 3 heteroatoms. The normalized spacial score (nSPS) is 27.9. The van der Waals surface area contributed by atoms with E-state index in [0.717, 1.165) is 39.1 Å². The molecule has 0 bridgehead atoms. The van der Waals surface area contributed by atoms with Gasteiger partial charge in [0.1, 0.15) is 0 Å². The SMILES string of the molecule is CCOC1CN(CC2(O)CCCC2)C1. The van der Waals surface area contributed by atoms with E-state index < -0.39 is 0 Å². The molecule has 1 N–H and O–H groups in total. The van der Waals surface area contributed by atoms with Crippen LogP contribution in [0.5, 0.6) is 0 Å². The molecule has 1 aliphatic carbocycles. The Hall–Kier alpha value is -0.120. The third kappa shape index (κ3) is 2.27. The van der Waals surface area contributed by atoms with E-state index in [0.29, 0.717) is 6.10 Å². The fourth-order valence-corrected chi connectivity index (χ4v) is 2.60. The van der Waals surface area contributed by atoms with Gasteiger partial charge in [-0.3, -0.25) is 4.90 Å². The first-order chi connectivity index (χ1) is 6.72. The van der Waals surface area contributed by atoms with Crippen LogP contribution in [0, 0.1) is 0 Å². The Kier molecular flexibility index (Phi) is 3.10. The van der Waals surface area contributed by atoms with Crippen LogP contribution in [-0.4, -0.2) is 48.0 Å². The van der Waals surface area contributed by atoms with Gasteiger partial charge in [0.15, 0.2) is 0 Å². The Morgan fingerprint density at radius 3 is 2.57 bits per heavy atom. The number of ether oxygens (including phenoxy) is 1. The molecule has 1 aliphatic heterocycles. The molecule has 2 aliphatic rings. The van der Waals surface area contributed by atoms with E-state index in [9.17, 15) is 5.11 Å². The summed E-state index contributed by atoms with van der Waals surface area (Å²) < 4.78 is 5.48. The number of nitrogens with zero attached hydrogens (tertiary/aromatic N) is 1. The third-order valence-electron chi connectivity index (χ3n) is 3.38. The number of aliphatic hydroxyl groups is 1. The molecule has 0 radical (unpaired) electrons. The summed E-state index contributed by atoms with van der Waals surface area (Å²) in [6, 6.07) is 0. The molecular weight excluding hydrogens is 178 g/mol. The van der Waals surface area contributed by atoms with Gasteiger partial charge in [-0.25, -0.2) is 0 Å².